The van der Waals surface area contributed by atoms with Crippen molar-refractivity contribution in [2.45, 2.75) is 105 Å². The average Bonchev–Trinajstić information content (AvgIpc) is 3.28. The van der Waals surface area contributed by atoms with E-state index in [0.717, 1.165) is 22.3 Å². The van der Waals surface area contributed by atoms with Crippen molar-refractivity contribution in [2.24, 2.45) is 0 Å². The van der Waals surface area contributed by atoms with E-state index in [9.17, 15) is 20.4 Å². The van der Waals surface area contributed by atoms with Gasteiger partial charge in [0.25, 0.3) is 0 Å². The van der Waals surface area contributed by atoms with Crippen LogP contribution in [0.15, 0.2) is 146 Å². The first-order valence-corrected chi connectivity index (χ1v) is 23.1. The number of nitrogens with zero attached hydrogens (tertiary/aromatic N) is 4. The van der Waals surface area contributed by atoms with Gasteiger partial charge in [0.2, 0.25) is 0 Å². The van der Waals surface area contributed by atoms with E-state index in [2.05, 4.69) is 83.1 Å². The number of phenols is 4. The van der Waals surface area contributed by atoms with Crippen molar-refractivity contribution in [3.8, 4) is 90.8 Å². The van der Waals surface area contributed by atoms with Gasteiger partial charge in [0.1, 0.15) is 23.0 Å². The van der Waals surface area contributed by atoms with Crippen molar-refractivity contribution in [3.63, 3.8) is 0 Å². The topological polar surface area (TPSA) is 132 Å². The van der Waals surface area contributed by atoms with E-state index in [-0.39, 0.29) is 44.7 Å². The lowest BCUT2D eigenvalue weighted by Crippen LogP contribution is -2.11. The highest BCUT2D eigenvalue weighted by molar-refractivity contribution is 5.75. The SMILES string of the molecule is CC(C)(C)c1ccc(O)c(-c2cccc(-c3cccc(-c4cc(C(C)(C)C)ccc4O)n3)n2)c1.CC(C)(C)c1ccc(O)c(-c2cccc(-c3cccc(-c4cc(C(C)(C)C)ccc4O)n3)n2)c1. The largest absolute Gasteiger partial charge is 0.507 e. The van der Waals surface area contributed by atoms with Gasteiger partial charge >= 0.3 is 0 Å². The summed E-state index contributed by atoms with van der Waals surface area (Å²) in [4.78, 5) is 19.3. The standard InChI is InChI=1S/2C30H32N2O2/c2*1-29(2,3)19-13-15-27(33)21(17-19)23-9-7-11-25(31-23)26-12-8-10-24(32-26)22-18-20(30(4,5)6)14-16-28(22)34/h2*7-18,33-34H,1-6H3. The predicted molar refractivity (Wildman–Crippen MR) is 278 cm³/mol. The summed E-state index contributed by atoms with van der Waals surface area (Å²) < 4.78 is 0. The van der Waals surface area contributed by atoms with Crippen LogP contribution in [0.25, 0.3) is 67.8 Å². The molecule has 4 heterocycles. The van der Waals surface area contributed by atoms with Gasteiger partial charge in [-0.1, -0.05) is 132 Å². The van der Waals surface area contributed by atoms with Gasteiger partial charge in [-0.25, -0.2) is 19.9 Å². The van der Waals surface area contributed by atoms with Crippen molar-refractivity contribution >= 4 is 0 Å². The Kier molecular flexibility index (Phi) is 13.4. The Balaban J connectivity index is 0.000000201. The van der Waals surface area contributed by atoms with Gasteiger partial charge in [-0.05, 0) is 141 Å². The quantitative estimate of drug-likeness (QED) is 0.130. The molecule has 8 nitrogen and oxygen atoms in total. The van der Waals surface area contributed by atoms with Crippen molar-refractivity contribution in [3.05, 3.63) is 168 Å². The Hall–Kier alpha value is -7.32. The van der Waals surface area contributed by atoms with Crippen LogP contribution in [0.3, 0.4) is 0 Å². The Bertz CT molecular complexity index is 2690. The molecule has 8 rings (SSSR count). The van der Waals surface area contributed by atoms with E-state index in [0.29, 0.717) is 67.8 Å². The van der Waals surface area contributed by atoms with Crippen LogP contribution in [0.2, 0.25) is 0 Å². The summed E-state index contributed by atoms with van der Waals surface area (Å²) >= 11 is 0. The Morgan fingerprint density at radius 3 is 0.603 bits per heavy atom. The molecule has 68 heavy (non-hydrogen) atoms. The molecule has 8 aromatic rings. The number of pyridine rings is 4. The summed E-state index contributed by atoms with van der Waals surface area (Å²) in [6.07, 6.45) is 0. The van der Waals surface area contributed by atoms with Gasteiger partial charge in [0, 0.05) is 22.3 Å². The molecule has 4 aromatic heterocycles. The second-order valence-electron chi connectivity index (χ2n) is 21.6. The summed E-state index contributed by atoms with van der Waals surface area (Å²) in [5, 5.41) is 42.2. The van der Waals surface area contributed by atoms with Crippen LogP contribution in [-0.4, -0.2) is 40.4 Å². The lowest BCUT2D eigenvalue weighted by Gasteiger charge is -2.20. The fourth-order valence-electron chi connectivity index (χ4n) is 7.74. The fraction of sp³-hybridized carbons (Fsp3) is 0.267. The van der Waals surface area contributed by atoms with Crippen molar-refractivity contribution in [1.29, 1.82) is 0 Å². The lowest BCUT2D eigenvalue weighted by atomic mass is 9.85. The number of aromatic hydroxyl groups is 4. The number of hydrogen-bond donors (Lipinski definition) is 4. The van der Waals surface area contributed by atoms with E-state index >= 15 is 0 Å². The Morgan fingerprint density at radius 2 is 0.426 bits per heavy atom. The normalized spacial score (nSPS) is 12.1. The molecule has 0 spiro atoms. The third kappa shape index (κ3) is 11.1. The molecule has 0 atom stereocenters. The molecule has 0 saturated heterocycles. The molecule has 4 aromatic carbocycles. The second-order valence-corrected chi connectivity index (χ2v) is 21.6. The van der Waals surface area contributed by atoms with E-state index in [1.165, 1.54) is 0 Å². The minimum Gasteiger partial charge on any atom is -0.507 e. The van der Waals surface area contributed by atoms with Gasteiger partial charge in [0.05, 0.1) is 45.6 Å². The highest BCUT2D eigenvalue weighted by atomic mass is 16.3. The maximum atomic E-state index is 10.5. The maximum Gasteiger partial charge on any atom is 0.124 e. The van der Waals surface area contributed by atoms with Crippen molar-refractivity contribution < 1.29 is 20.4 Å². The zero-order valence-electron chi connectivity index (χ0n) is 41.4. The molecule has 4 N–H and O–H groups in total. The number of phenolic OH excluding ortho intramolecular Hbond substituents is 4. The van der Waals surface area contributed by atoms with Gasteiger partial charge < -0.3 is 20.4 Å². The highest BCUT2D eigenvalue weighted by Gasteiger charge is 2.21. The molecule has 0 aliphatic heterocycles. The summed E-state index contributed by atoms with van der Waals surface area (Å²) in [5.74, 6) is 0.790. The third-order valence-electron chi connectivity index (χ3n) is 12.1. The maximum absolute atomic E-state index is 10.5. The molecule has 348 valence electrons. The molecular weight excluding hydrogens is 841 g/mol. The monoisotopic (exact) mass is 904 g/mol. The molecular formula is C60H64N4O4. The summed E-state index contributed by atoms with van der Waals surface area (Å²) in [6.45, 7) is 25.7. The van der Waals surface area contributed by atoms with Gasteiger partial charge in [-0.2, -0.15) is 0 Å². The minimum atomic E-state index is -0.0421. The van der Waals surface area contributed by atoms with Crippen LogP contribution < -0.4 is 0 Å². The Morgan fingerprint density at radius 1 is 0.250 bits per heavy atom. The van der Waals surface area contributed by atoms with Crippen LogP contribution in [0.1, 0.15) is 105 Å². The smallest absolute Gasteiger partial charge is 0.124 e. The fourth-order valence-corrected chi connectivity index (χ4v) is 7.74. The van der Waals surface area contributed by atoms with Crippen LogP contribution in [0.4, 0.5) is 0 Å². The first-order chi connectivity index (χ1) is 31.9. The number of aromatic nitrogens is 4. The van der Waals surface area contributed by atoms with E-state index in [1.807, 2.05) is 121 Å². The van der Waals surface area contributed by atoms with Gasteiger partial charge in [-0.3, -0.25) is 0 Å². The molecule has 0 unspecified atom stereocenters. The van der Waals surface area contributed by atoms with E-state index in [1.54, 1.807) is 24.3 Å². The molecule has 0 radical (unpaired) electrons. The van der Waals surface area contributed by atoms with Crippen LogP contribution in [-0.2, 0) is 21.7 Å². The number of benzene rings is 4. The molecule has 8 heteroatoms. The molecule has 0 amide bonds. The number of hydrogen-bond acceptors (Lipinski definition) is 8. The summed E-state index contributed by atoms with van der Waals surface area (Å²) in [7, 11) is 0. The summed E-state index contributed by atoms with van der Waals surface area (Å²) in [6, 6.07) is 45.6. The van der Waals surface area contributed by atoms with Crippen molar-refractivity contribution in [2.75, 3.05) is 0 Å². The number of rotatable bonds is 6. The van der Waals surface area contributed by atoms with Gasteiger partial charge in [0.15, 0.2) is 0 Å². The zero-order chi connectivity index (χ0) is 49.3. The van der Waals surface area contributed by atoms with E-state index < -0.39 is 0 Å². The summed E-state index contributed by atoms with van der Waals surface area (Å²) in [5.41, 5.74) is 12.7. The molecule has 0 aliphatic carbocycles. The van der Waals surface area contributed by atoms with E-state index in [4.69, 9.17) is 19.9 Å². The first kappa shape index (κ1) is 48.6. The Labute approximate surface area is 402 Å². The van der Waals surface area contributed by atoms with Crippen LogP contribution >= 0.6 is 0 Å². The predicted octanol–water partition coefficient (Wildman–Crippen LogP) is 15.0. The lowest BCUT2D eigenvalue weighted by molar-refractivity contribution is 0.475. The molecule has 0 aliphatic rings. The second kappa shape index (κ2) is 18.8. The molecule has 0 saturated carbocycles. The van der Waals surface area contributed by atoms with Gasteiger partial charge in [-0.15, -0.1) is 0 Å². The zero-order valence-corrected chi connectivity index (χ0v) is 41.4. The first-order valence-electron chi connectivity index (χ1n) is 23.1. The minimum absolute atomic E-state index is 0.0421. The highest BCUT2D eigenvalue weighted by Crippen LogP contribution is 2.39. The van der Waals surface area contributed by atoms with Crippen LogP contribution in [0, 0.1) is 0 Å². The van der Waals surface area contributed by atoms with Crippen LogP contribution in [0.5, 0.6) is 23.0 Å². The third-order valence-corrected chi connectivity index (χ3v) is 12.1. The van der Waals surface area contributed by atoms with Crippen molar-refractivity contribution in [1.82, 2.24) is 19.9 Å². The molecule has 0 fully saturated rings. The average molecular weight is 905 g/mol. The molecule has 0 bridgehead atoms.